The van der Waals surface area contributed by atoms with E-state index in [0.29, 0.717) is 0 Å². The molecule has 1 saturated carbocycles. The second kappa shape index (κ2) is 14.0. The van der Waals surface area contributed by atoms with E-state index in [1.54, 1.807) is 39.8 Å². The number of allylic oxidation sites excluding steroid dienone is 2. The van der Waals surface area contributed by atoms with Crippen LogP contribution in [0.4, 0.5) is 0 Å². The molecule has 1 fully saturated rings. The maximum absolute atomic E-state index is 14.4. The van der Waals surface area contributed by atoms with E-state index < -0.39 is 88.6 Å². The van der Waals surface area contributed by atoms with Crippen LogP contribution in [0.15, 0.2) is 24.3 Å². The highest BCUT2D eigenvalue weighted by molar-refractivity contribution is 5.95. The first-order valence-electron chi connectivity index (χ1n) is 14.5. The third-order valence-corrected chi connectivity index (χ3v) is 7.76. The molecule has 8 atom stereocenters. The molecule has 0 aromatic carbocycles. The van der Waals surface area contributed by atoms with Crippen molar-refractivity contribution in [2.24, 2.45) is 29.1 Å². The Hall–Kier alpha value is -3.34. The molecule has 0 radical (unpaired) electrons. The van der Waals surface area contributed by atoms with Gasteiger partial charge < -0.3 is 23.7 Å². The number of fused-ring (bicyclic) bond motifs is 1. The van der Waals surface area contributed by atoms with Crippen LogP contribution in [0.25, 0.3) is 0 Å². The van der Waals surface area contributed by atoms with Crippen LogP contribution in [0.1, 0.15) is 75.7 Å². The fourth-order valence-electron chi connectivity index (χ4n) is 5.96. The zero-order chi connectivity index (χ0) is 33.0. The molecule has 43 heavy (non-hydrogen) atoms. The zero-order valence-corrected chi connectivity index (χ0v) is 26.9. The van der Waals surface area contributed by atoms with Crippen molar-refractivity contribution in [2.75, 3.05) is 6.61 Å². The van der Waals surface area contributed by atoms with E-state index in [1.807, 2.05) is 13.8 Å². The van der Waals surface area contributed by atoms with Gasteiger partial charge in [0.05, 0.1) is 12.5 Å². The summed E-state index contributed by atoms with van der Waals surface area (Å²) >= 11 is 0. The SMILES string of the molecule is C=C1[C@H](OC(C)=O)[C@H]2[C@@H](OC(C)=O)[C@@H](C)C[C@]2(OC(C)=O)C(=O)[C@@H](C)/C=C/C(C)(C)C(=O)[C@@H](OCC(C)C)[C@H]1OC(C)=O. The van der Waals surface area contributed by atoms with Crippen LogP contribution in [0, 0.1) is 29.1 Å². The summed E-state index contributed by atoms with van der Waals surface area (Å²) in [6.07, 6.45) is -2.44. The minimum Gasteiger partial charge on any atom is -0.462 e. The maximum atomic E-state index is 14.4. The molecule has 2 rings (SSSR count). The van der Waals surface area contributed by atoms with E-state index in [2.05, 4.69) is 6.58 Å². The summed E-state index contributed by atoms with van der Waals surface area (Å²) in [5.74, 6) is -6.81. The minimum atomic E-state index is -1.94. The Labute approximate surface area is 253 Å². The zero-order valence-electron chi connectivity index (χ0n) is 26.9. The lowest BCUT2D eigenvalue weighted by Gasteiger charge is -2.42. The van der Waals surface area contributed by atoms with Crippen LogP contribution in [-0.2, 0) is 52.5 Å². The number of rotatable bonds is 7. The van der Waals surface area contributed by atoms with Gasteiger partial charge in [-0.1, -0.05) is 46.4 Å². The van der Waals surface area contributed by atoms with Gasteiger partial charge in [0.2, 0.25) is 0 Å². The average Bonchev–Trinajstić information content (AvgIpc) is 3.13. The van der Waals surface area contributed by atoms with Gasteiger partial charge in [0.1, 0.15) is 12.2 Å². The molecule has 11 heteroatoms. The fourth-order valence-corrected chi connectivity index (χ4v) is 5.96. The lowest BCUT2D eigenvalue weighted by atomic mass is 9.72. The van der Waals surface area contributed by atoms with Crippen LogP contribution >= 0.6 is 0 Å². The number of carbonyl (C=O) groups is 6. The van der Waals surface area contributed by atoms with E-state index in [-0.39, 0.29) is 24.5 Å². The summed E-state index contributed by atoms with van der Waals surface area (Å²) in [6.45, 7) is 19.2. The lowest BCUT2D eigenvalue weighted by Crippen LogP contribution is -2.58. The largest absolute Gasteiger partial charge is 0.462 e. The normalized spacial score (nSPS) is 33.5. The molecule has 2 aliphatic rings. The topological polar surface area (TPSA) is 149 Å². The van der Waals surface area contributed by atoms with Gasteiger partial charge in [-0.25, -0.2) is 0 Å². The minimum absolute atomic E-state index is 0.0124. The summed E-state index contributed by atoms with van der Waals surface area (Å²) in [4.78, 5) is 78.5. The van der Waals surface area contributed by atoms with Crippen LogP contribution < -0.4 is 0 Å². The highest BCUT2D eigenvalue weighted by Gasteiger charge is 2.65. The number of hydrogen-bond acceptors (Lipinski definition) is 11. The smallest absolute Gasteiger partial charge is 0.303 e. The number of ketones is 2. The summed E-state index contributed by atoms with van der Waals surface area (Å²) in [5.41, 5.74) is -3.26. The molecule has 0 aliphatic heterocycles. The highest BCUT2D eigenvalue weighted by Crippen LogP contribution is 2.51. The van der Waals surface area contributed by atoms with E-state index in [9.17, 15) is 28.8 Å². The molecular formula is C32H46O11. The molecule has 0 heterocycles. The second-order valence-electron chi connectivity index (χ2n) is 12.6. The quantitative estimate of drug-likeness (QED) is 0.237. The third kappa shape index (κ3) is 8.19. The Morgan fingerprint density at radius 2 is 1.40 bits per heavy atom. The van der Waals surface area contributed by atoms with Crippen molar-refractivity contribution in [3.8, 4) is 0 Å². The van der Waals surface area contributed by atoms with Gasteiger partial charge in [-0.15, -0.1) is 0 Å². The van der Waals surface area contributed by atoms with Gasteiger partial charge in [0.25, 0.3) is 0 Å². The molecule has 240 valence electrons. The number of esters is 4. The third-order valence-electron chi connectivity index (χ3n) is 7.76. The van der Waals surface area contributed by atoms with Crippen molar-refractivity contribution >= 4 is 35.4 Å². The Morgan fingerprint density at radius 1 is 0.860 bits per heavy atom. The molecule has 11 nitrogen and oxygen atoms in total. The highest BCUT2D eigenvalue weighted by atomic mass is 16.6. The van der Waals surface area contributed by atoms with E-state index >= 15 is 0 Å². The van der Waals surface area contributed by atoms with Crippen LogP contribution in [0.2, 0.25) is 0 Å². The fraction of sp³-hybridized carbons (Fsp3) is 0.688. The predicted octanol–water partition coefficient (Wildman–Crippen LogP) is 3.71. The first-order chi connectivity index (χ1) is 19.7. The lowest BCUT2D eigenvalue weighted by molar-refractivity contribution is -0.186. The number of hydrogen-bond donors (Lipinski definition) is 0. The van der Waals surface area contributed by atoms with Gasteiger partial charge in [-0.2, -0.15) is 0 Å². The molecule has 0 N–H and O–H groups in total. The van der Waals surface area contributed by atoms with Crippen molar-refractivity contribution in [2.45, 2.75) is 106 Å². The number of Topliss-reactive ketones (excluding diaryl/α,β-unsaturated/α-hetero) is 2. The van der Waals surface area contributed by atoms with Crippen molar-refractivity contribution in [1.82, 2.24) is 0 Å². The molecule has 0 aromatic rings. The van der Waals surface area contributed by atoms with Gasteiger partial charge in [0, 0.05) is 51.0 Å². The van der Waals surface area contributed by atoms with Crippen molar-refractivity contribution in [3.63, 3.8) is 0 Å². The van der Waals surface area contributed by atoms with Crippen molar-refractivity contribution in [3.05, 3.63) is 24.3 Å². The predicted molar refractivity (Wildman–Crippen MR) is 154 cm³/mol. The van der Waals surface area contributed by atoms with Crippen LogP contribution in [0.5, 0.6) is 0 Å². The van der Waals surface area contributed by atoms with Crippen molar-refractivity contribution in [1.29, 1.82) is 0 Å². The van der Waals surface area contributed by atoms with Gasteiger partial charge in [0.15, 0.2) is 29.4 Å². The number of carbonyl (C=O) groups excluding carboxylic acids is 6. The summed E-state index contributed by atoms with van der Waals surface area (Å²) in [5, 5.41) is 0. The molecule has 0 spiro atoms. The molecule has 0 aromatic heterocycles. The molecular weight excluding hydrogens is 560 g/mol. The Kier molecular flexibility index (Phi) is 11.6. The van der Waals surface area contributed by atoms with Gasteiger partial charge >= 0.3 is 23.9 Å². The summed E-state index contributed by atoms with van der Waals surface area (Å²) < 4.78 is 29.2. The van der Waals surface area contributed by atoms with Crippen LogP contribution in [-0.4, -0.2) is 72.1 Å². The van der Waals surface area contributed by atoms with E-state index in [0.717, 1.165) is 20.8 Å². The number of ether oxygens (including phenoxy) is 5. The van der Waals surface area contributed by atoms with E-state index in [4.69, 9.17) is 23.7 Å². The maximum Gasteiger partial charge on any atom is 0.303 e. The first kappa shape index (κ1) is 35.9. The second-order valence-corrected chi connectivity index (χ2v) is 12.6. The standard InChI is InChI=1S/C32H46O11/c1-16(2)15-39-28-27(42-22(8)35)19(5)26(41-21(7)34)24-25(40-20(6)33)18(4)14-32(24,43-23(9)36)29(37)17(3)12-13-31(10,11)30(28)38/h12-13,16-18,24-28H,5,14-15H2,1-4,6-11H3/b13-12+/t17-,18-,24+,25-,26-,27-,28-,32+/m0/s1. The van der Waals surface area contributed by atoms with Crippen LogP contribution in [0.3, 0.4) is 0 Å². The van der Waals surface area contributed by atoms with Crippen molar-refractivity contribution < 1.29 is 52.5 Å². The molecule has 0 bridgehead atoms. The van der Waals surface area contributed by atoms with Gasteiger partial charge in [-0.05, 0) is 25.7 Å². The Bertz CT molecular complexity index is 1170. The Balaban J connectivity index is 3.04. The van der Waals surface area contributed by atoms with E-state index in [1.165, 1.54) is 6.92 Å². The molecule has 0 saturated heterocycles. The monoisotopic (exact) mass is 606 g/mol. The Morgan fingerprint density at radius 3 is 1.88 bits per heavy atom. The van der Waals surface area contributed by atoms with Gasteiger partial charge in [-0.3, -0.25) is 28.8 Å². The molecule has 0 unspecified atom stereocenters. The first-order valence-corrected chi connectivity index (χ1v) is 14.5. The average molecular weight is 607 g/mol. The molecule has 2 aliphatic carbocycles. The molecule has 0 amide bonds. The summed E-state index contributed by atoms with van der Waals surface area (Å²) in [7, 11) is 0. The summed E-state index contributed by atoms with van der Waals surface area (Å²) in [6, 6.07) is 0.